The Bertz CT molecular complexity index is 607. The van der Waals surface area contributed by atoms with Gasteiger partial charge in [-0.25, -0.2) is 7.84 Å². The molecule has 1 atom stereocenters. The van der Waals surface area contributed by atoms with Crippen LogP contribution in [-0.2, 0) is 10.2 Å². The third kappa shape index (κ3) is 4.00. The summed E-state index contributed by atoms with van der Waals surface area (Å²) in [6.45, 7) is 8.30. The minimum Gasteiger partial charge on any atom is -0.237 e. The molecule has 7 heteroatoms. The third-order valence-corrected chi connectivity index (χ3v) is 6.74. The first-order valence-corrected chi connectivity index (χ1v) is 10.0. The van der Waals surface area contributed by atoms with Crippen LogP contribution in [-0.4, -0.2) is 42.0 Å². The molecule has 0 aliphatic carbocycles. The molecule has 1 saturated heterocycles. The van der Waals surface area contributed by atoms with E-state index in [0.29, 0.717) is 25.6 Å². The summed E-state index contributed by atoms with van der Waals surface area (Å²) in [5, 5.41) is 0. The molecule has 1 fully saturated rings. The van der Waals surface area contributed by atoms with E-state index in [1.807, 2.05) is 12.1 Å². The second-order valence-corrected chi connectivity index (χ2v) is 8.78. The molecule has 0 amide bonds. The van der Waals surface area contributed by atoms with Gasteiger partial charge < -0.3 is 0 Å². The Morgan fingerprint density at radius 1 is 1.32 bits per heavy atom. The molecular formula is C15H24IN3O2S. The van der Waals surface area contributed by atoms with E-state index in [1.54, 1.807) is 11.2 Å². The topological polar surface area (TPSA) is 52.7 Å². The normalized spacial score (nSPS) is 21.4. The van der Waals surface area contributed by atoms with Gasteiger partial charge in [0.05, 0.1) is 6.04 Å². The first-order valence-electron chi connectivity index (χ1n) is 7.62. The summed E-state index contributed by atoms with van der Waals surface area (Å²) < 4.78 is 30.9. The Morgan fingerprint density at radius 2 is 2.00 bits per heavy atom. The van der Waals surface area contributed by atoms with E-state index in [9.17, 15) is 8.42 Å². The summed E-state index contributed by atoms with van der Waals surface area (Å²) >= 11 is 2.31. The molecule has 1 unspecified atom stereocenters. The van der Waals surface area contributed by atoms with Crippen molar-refractivity contribution in [1.29, 1.82) is 0 Å². The van der Waals surface area contributed by atoms with Crippen LogP contribution in [0.5, 0.6) is 0 Å². The van der Waals surface area contributed by atoms with Crippen LogP contribution in [0.3, 0.4) is 0 Å². The fraction of sp³-hybridized carbons (Fsp3) is 0.600. The number of nitrogens with zero attached hydrogens (tertiary/aromatic N) is 2. The van der Waals surface area contributed by atoms with Crippen molar-refractivity contribution in [2.24, 2.45) is 0 Å². The molecule has 1 aliphatic heterocycles. The lowest BCUT2D eigenvalue weighted by atomic mass is 9.92. The number of benzene rings is 1. The summed E-state index contributed by atoms with van der Waals surface area (Å²) in [6.07, 6.45) is 0. The smallest absolute Gasteiger partial charge is 0.237 e. The van der Waals surface area contributed by atoms with Crippen LogP contribution in [0.25, 0.3) is 0 Å². The summed E-state index contributed by atoms with van der Waals surface area (Å²) in [5.74, 6) is 0.418. The van der Waals surface area contributed by atoms with Gasteiger partial charge in [-0.1, -0.05) is 45.0 Å². The third-order valence-electron chi connectivity index (χ3n) is 3.92. The molecule has 124 valence electrons. The molecule has 1 aliphatic rings. The van der Waals surface area contributed by atoms with Gasteiger partial charge in [-0.15, -0.1) is 0 Å². The highest BCUT2D eigenvalue weighted by atomic mass is 127. The van der Waals surface area contributed by atoms with Crippen molar-refractivity contribution in [3.05, 3.63) is 35.4 Å². The molecule has 1 aromatic carbocycles. The van der Waals surface area contributed by atoms with Crippen molar-refractivity contribution in [1.82, 2.24) is 12.1 Å². The van der Waals surface area contributed by atoms with E-state index < -0.39 is 10.2 Å². The van der Waals surface area contributed by atoms with E-state index in [-0.39, 0.29) is 6.04 Å². The van der Waals surface area contributed by atoms with Crippen LogP contribution in [0.1, 0.15) is 43.9 Å². The number of halogens is 1. The van der Waals surface area contributed by atoms with Gasteiger partial charge in [-0.2, -0.15) is 12.7 Å². The number of hydrogen-bond acceptors (Lipinski definition) is 3. The summed E-state index contributed by atoms with van der Waals surface area (Å²) in [7, 11) is -3.38. The van der Waals surface area contributed by atoms with Crippen molar-refractivity contribution < 1.29 is 8.42 Å². The lowest BCUT2D eigenvalue weighted by Gasteiger charge is -2.38. The van der Waals surface area contributed by atoms with E-state index in [4.69, 9.17) is 0 Å². The second kappa shape index (κ2) is 7.57. The van der Waals surface area contributed by atoms with Crippen LogP contribution >= 0.6 is 22.9 Å². The zero-order chi connectivity index (χ0) is 16.3. The summed E-state index contributed by atoms with van der Waals surface area (Å²) in [5.41, 5.74) is 2.51. The maximum Gasteiger partial charge on any atom is 0.279 e. The van der Waals surface area contributed by atoms with E-state index in [1.165, 1.54) is 11.1 Å². The maximum atomic E-state index is 12.3. The molecule has 1 heterocycles. The highest BCUT2D eigenvalue weighted by Gasteiger charge is 2.34. The standard InChI is InChI=1S/C15H24IN3O2S/c1-4-17-22(20,21)18-9-10-19(16)15(11-18)14-8-6-5-7-13(14)12(2)3/h5-8,12,15,17H,4,9-11H2,1-3H3. The number of piperazine rings is 1. The predicted octanol–water partition coefficient (Wildman–Crippen LogP) is 2.67. The van der Waals surface area contributed by atoms with Crippen LogP contribution < -0.4 is 4.72 Å². The van der Waals surface area contributed by atoms with Crippen LogP contribution in [0.15, 0.2) is 24.3 Å². The van der Waals surface area contributed by atoms with Gasteiger partial charge in [0, 0.05) is 49.0 Å². The Labute approximate surface area is 147 Å². The summed E-state index contributed by atoms with van der Waals surface area (Å²) in [4.78, 5) is 0. The van der Waals surface area contributed by atoms with Crippen LogP contribution in [0.2, 0.25) is 0 Å². The predicted molar refractivity (Wildman–Crippen MR) is 98.2 cm³/mol. The molecular weight excluding hydrogens is 413 g/mol. The average Bonchev–Trinajstić information content (AvgIpc) is 2.47. The fourth-order valence-electron chi connectivity index (χ4n) is 2.82. The molecule has 0 radical (unpaired) electrons. The van der Waals surface area contributed by atoms with Gasteiger partial charge in [-0.05, 0) is 17.0 Å². The Balaban J connectivity index is 2.30. The fourth-order valence-corrected chi connectivity index (χ4v) is 4.72. The molecule has 1 N–H and O–H groups in total. The number of nitrogens with one attached hydrogen (secondary N) is 1. The molecule has 2 rings (SSSR count). The molecule has 5 nitrogen and oxygen atoms in total. The zero-order valence-electron chi connectivity index (χ0n) is 13.3. The van der Waals surface area contributed by atoms with Crippen LogP contribution in [0.4, 0.5) is 0 Å². The number of hydrogen-bond donors (Lipinski definition) is 1. The minimum absolute atomic E-state index is 0.0846. The van der Waals surface area contributed by atoms with Crippen molar-refractivity contribution in [3.8, 4) is 0 Å². The van der Waals surface area contributed by atoms with Crippen LogP contribution in [0, 0.1) is 0 Å². The summed E-state index contributed by atoms with van der Waals surface area (Å²) in [6, 6.07) is 8.42. The van der Waals surface area contributed by atoms with Crippen molar-refractivity contribution in [3.63, 3.8) is 0 Å². The van der Waals surface area contributed by atoms with Gasteiger partial charge in [-0.3, -0.25) is 0 Å². The lowest BCUT2D eigenvalue weighted by molar-refractivity contribution is 0.230. The molecule has 0 bridgehead atoms. The lowest BCUT2D eigenvalue weighted by Crippen LogP contribution is -2.50. The molecule has 0 saturated carbocycles. The largest absolute Gasteiger partial charge is 0.279 e. The maximum absolute atomic E-state index is 12.3. The first kappa shape index (κ1) is 18.1. The van der Waals surface area contributed by atoms with Crippen molar-refractivity contribution >= 4 is 33.1 Å². The first-order chi connectivity index (χ1) is 10.4. The average molecular weight is 437 g/mol. The van der Waals surface area contributed by atoms with Gasteiger partial charge in [0.2, 0.25) is 0 Å². The van der Waals surface area contributed by atoms with Crippen molar-refractivity contribution in [2.75, 3.05) is 26.2 Å². The van der Waals surface area contributed by atoms with E-state index >= 15 is 0 Å². The van der Waals surface area contributed by atoms with Gasteiger partial charge in [0.25, 0.3) is 10.2 Å². The molecule has 22 heavy (non-hydrogen) atoms. The highest BCUT2D eigenvalue weighted by molar-refractivity contribution is 14.1. The minimum atomic E-state index is -3.38. The Kier molecular flexibility index (Phi) is 6.23. The Morgan fingerprint density at radius 3 is 2.64 bits per heavy atom. The molecule has 0 spiro atoms. The monoisotopic (exact) mass is 437 g/mol. The number of rotatable bonds is 5. The van der Waals surface area contributed by atoms with Gasteiger partial charge >= 0.3 is 0 Å². The van der Waals surface area contributed by atoms with Gasteiger partial charge in [0.1, 0.15) is 0 Å². The Hall–Kier alpha value is -0.220. The van der Waals surface area contributed by atoms with Crippen molar-refractivity contribution in [2.45, 2.75) is 32.7 Å². The molecule has 1 aromatic rings. The van der Waals surface area contributed by atoms with E-state index in [0.717, 1.165) is 6.54 Å². The SMILES string of the molecule is CCNS(=O)(=O)N1CCN(I)C(c2ccccc2C(C)C)C1. The highest BCUT2D eigenvalue weighted by Crippen LogP contribution is 2.33. The van der Waals surface area contributed by atoms with E-state index in [2.05, 4.69) is 56.7 Å². The second-order valence-electron chi connectivity index (χ2n) is 5.78. The molecule has 0 aromatic heterocycles. The quantitative estimate of drug-likeness (QED) is 0.570. The van der Waals surface area contributed by atoms with Gasteiger partial charge in [0.15, 0.2) is 0 Å². The zero-order valence-corrected chi connectivity index (χ0v) is 16.3.